The number of carboxylic acid groups (broad SMARTS) is 1. The molecular formula is C11H10NO3S2-. The Balaban J connectivity index is 2.06. The van der Waals surface area contributed by atoms with Gasteiger partial charge >= 0.3 is 0 Å². The molecular weight excluding hydrogens is 258 g/mol. The molecule has 3 rings (SSSR count). The van der Waals surface area contributed by atoms with Crippen LogP contribution in [0.1, 0.15) is 17.7 Å². The van der Waals surface area contributed by atoms with Crippen LogP contribution in [-0.4, -0.2) is 28.6 Å². The molecule has 4 nitrogen and oxygen atoms in total. The average molecular weight is 268 g/mol. The standard InChI is InChI=1S/C11H11NO3S2/c13-9-3-4-11(8-2-1-5-16-8)12(9)7(6-17-11)10(14)15/h1-2,5,7H,3-4,6H2,(H,14,15)/p-1/t7-,11-/m1/s1. The minimum Gasteiger partial charge on any atom is -0.548 e. The van der Waals surface area contributed by atoms with E-state index in [0.717, 1.165) is 4.88 Å². The van der Waals surface area contributed by atoms with E-state index in [2.05, 4.69) is 0 Å². The molecule has 0 aromatic carbocycles. The number of hydrogen-bond donors (Lipinski definition) is 0. The highest BCUT2D eigenvalue weighted by Gasteiger charge is 2.55. The Labute approximate surface area is 107 Å². The van der Waals surface area contributed by atoms with Crippen molar-refractivity contribution in [2.24, 2.45) is 0 Å². The third-order valence-corrected chi connectivity index (χ3v) is 6.04. The predicted molar refractivity (Wildman–Crippen MR) is 63.3 cm³/mol. The van der Waals surface area contributed by atoms with Gasteiger partial charge in [-0.3, -0.25) is 4.79 Å². The van der Waals surface area contributed by atoms with Crippen molar-refractivity contribution in [2.45, 2.75) is 23.8 Å². The molecule has 90 valence electrons. The van der Waals surface area contributed by atoms with Crippen molar-refractivity contribution in [1.82, 2.24) is 4.90 Å². The number of carbonyl (C=O) groups is 2. The molecule has 0 N–H and O–H groups in total. The SMILES string of the molecule is O=C([O-])[C@H]1CS[C@@]2(c3cccs3)CCC(=O)N12. The van der Waals surface area contributed by atoms with Crippen LogP contribution in [0, 0.1) is 0 Å². The lowest BCUT2D eigenvalue weighted by molar-refractivity contribution is -0.310. The number of carbonyl (C=O) groups excluding carboxylic acids is 2. The summed E-state index contributed by atoms with van der Waals surface area (Å²) >= 11 is 3.13. The van der Waals surface area contributed by atoms with Gasteiger partial charge in [0.15, 0.2) is 0 Å². The molecule has 6 heteroatoms. The molecule has 1 amide bonds. The quantitative estimate of drug-likeness (QED) is 0.778. The smallest absolute Gasteiger partial charge is 0.224 e. The second-order valence-corrected chi connectivity index (χ2v) is 6.42. The van der Waals surface area contributed by atoms with Crippen molar-refractivity contribution >= 4 is 35.0 Å². The summed E-state index contributed by atoms with van der Waals surface area (Å²) < 4.78 is 0. The Hall–Kier alpha value is -1.01. The first kappa shape index (κ1) is 11.1. The summed E-state index contributed by atoms with van der Waals surface area (Å²) in [5.74, 6) is -0.796. The van der Waals surface area contributed by atoms with Crippen molar-refractivity contribution < 1.29 is 14.7 Å². The molecule has 3 heterocycles. The molecule has 2 fully saturated rings. The van der Waals surface area contributed by atoms with E-state index in [-0.39, 0.29) is 5.91 Å². The van der Waals surface area contributed by atoms with Gasteiger partial charge in [-0.05, 0) is 17.9 Å². The van der Waals surface area contributed by atoms with Crippen LogP contribution in [0.4, 0.5) is 0 Å². The van der Waals surface area contributed by atoms with Gasteiger partial charge in [-0.25, -0.2) is 0 Å². The highest BCUT2D eigenvalue weighted by atomic mass is 32.2. The van der Waals surface area contributed by atoms with E-state index in [9.17, 15) is 14.7 Å². The molecule has 2 aliphatic heterocycles. The van der Waals surface area contributed by atoms with Gasteiger partial charge in [0.05, 0.1) is 12.0 Å². The number of amides is 1. The Morgan fingerprint density at radius 3 is 3.06 bits per heavy atom. The topological polar surface area (TPSA) is 60.4 Å². The first-order valence-corrected chi connectivity index (χ1v) is 7.23. The fraction of sp³-hybridized carbons (Fsp3) is 0.455. The number of fused-ring (bicyclic) bond motifs is 1. The molecule has 0 unspecified atom stereocenters. The molecule has 2 atom stereocenters. The summed E-state index contributed by atoms with van der Waals surface area (Å²) in [4.78, 5) is 25.1. The van der Waals surface area contributed by atoms with Gasteiger partial charge in [-0.2, -0.15) is 0 Å². The third kappa shape index (κ3) is 1.43. The highest BCUT2D eigenvalue weighted by Crippen LogP contribution is 2.55. The lowest BCUT2D eigenvalue weighted by Crippen LogP contribution is -2.50. The lowest BCUT2D eigenvalue weighted by Gasteiger charge is -2.33. The van der Waals surface area contributed by atoms with E-state index >= 15 is 0 Å². The van der Waals surface area contributed by atoms with E-state index in [1.165, 1.54) is 4.90 Å². The van der Waals surface area contributed by atoms with E-state index in [0.29, 0.717) is 18.6 Å². The van der Waals surface area contributed by atoms with Crippen molar-refractivity contribution in [1.29, 1.82) is 0 Å². The maximum atomic E-state index is 11.9. The number of nitrogens with zero attached hydrogens (tertiary/aromatic N) is 1. The summed E-state index contributed by atoms with van der Waals surface area (Å²) in [7, 11) is 0. The van der Waals surface area contributed by atoms with Gasteiger partial charge in [0, 0.05) is 17.1 Å². The van der Waals surface area contributed by atoms with Gasteiger partial charge in [-0.1, -0.05) is 6.07 Å². The maximum Gasteiger partial charge on any atom is 0.224 e. The van der Waals surface area contributed by atoms with E-state index < -0.39 is 16.9 Å². The second kappa shape index (κ2) is 3.74. The van der Waals surface area contributed by atoms with Crippen LogP contribution in [0.5, 0.6) is 0 Å². The predicted octanol–water partition coefficient (Wildman–Crippen LogP) is 0.389. The number of carboxylic acids is 1. The molecule has 17 heavy (non-hydrogen) atoms. The molecule has 0 bridgehead atoms. The second-order valence-electron chi connectivity index (χ2n) is 4.17. The van der Waals surface area contributed by atoms with Crippen LogP contribution >= 0.6 is 23.1 Å². The van der Waals surface area contributed by atoms with Gasteiger partial charge in [0.1, 0.15) is 4.87 Å². The van der Waals surface area contributed by atoms with Gasteiger partial charge in [-0.15, -0.1) is 23.1 Å². The van der Waals surface area contributed by atoms with Crippen LogP contribution in [-0.2, 0) is 14.5 Å². The largest absolute Gasteiger partial charge is 0.548 e. The van der Waals surface area contributed by atoms with Crippen molar-refractivity contribution in [3.63, 3.8) is 0 Å². The fourth-order valence-electron chi connectivity index (χ4n) is 2.56. The fourth-order valence-corrected chi connectivity index (χ4v) is 5.27. The average Bonchev–Trinajstić information content (AvgIpc) is 2.95. The van der Waals surface area contributed by atoms with Crippen LogP contribution < -0.4 is 5.11 Å². The number of thioether (sulfide) groups is 1. The summed E-state index contributed by atoms with van der Waals surface area (Å²) in [6, 6.07) is 3.13. The van der Waals surface area contributed by atoms with Crippen LogP contribution in [0.25, 0.3) is 0 Å². The summed E-state index contributed by atoms with van der Waals surface area (Å²) in [5.41, 5.74) is 0. The normalized spacial score (nSPS) is 31.9. The van der Waals surface area contributed by atoms with Gasteiger partial charge in [0.25, 0.3) is 0 Å². The molecule has 1 aromatic rings. The van der Waals surface area contributed by atoms with E-state index in [4.69, 9.17) is 0 Å². The molecule has 2 aliphatic rings. The summed E-state index contributed by atoms with van der Waals surface area (Å²) in [6.07, 6.45) is 1.12. The Bertz CT molecular complexity index is 473. The molecule has 1 aromatic heterocycles. The van der Waals surface area contributed by atoms with Gasteiger partial charge < -0.3 is 14.8 Å². The molecule has 0 saturated carbocycles. The summed E-state index contributed by atoms with van der Waals surface area (Å²) in [6.45, 7) is 0. The number of thiophene rings is 1. The minimum absolute atomic E-state index is 0.0717. The molecule has 0 radical (unpaired) electrons. The van der Waals surface area contributed by atoms with Gasteiger partial charge in [0.2, 0.25) is 5.91 Å². The zero-order valence-corrected chi connectivity index (χ0v) is 10.6. The first-order valence-electron chi connectivity index (χ1n) is 5.36. The highest BCUT2D eigenvalue weighted by molar-refractivity contribution is 8.00. The van der Waals surface area contributed by atoms with Crippen molar-refractivity contribution in [3.8, 4) is 0 Å². The number of hydrogen-bond acceptors (Lipinski definition) is 5. The minimum atomic E-state index is -1.15. The maximum absolute atomic E-state index is 11.9. The van der Waals surface area contributed by atoms with Crippen LogP contribution in [0.2, 0.25) is 0 Å². The number of rotatable bonds is 2. The Morgan fingerprint density at radius 2 is 2.41 bits per heavy atom. The molecule has 0 aliphatic carbocycles. The Kier molecular flexibility index (Phi) is 2.45. The Morgan fingerprint density at radius 1 is 1.59 bits per heavy atom. The first-order chi connectivity index (χ1) is 8.15. The van der Waals surface area contributed by atoms with E-state index in [1.54, 1.807) is 23.1 Å². The lowest BCUT2D eigenvalue weighted by atomic mass is 10.1. The van der Waals surface area contributed by atoms with E-state index in [1.807, 2.05) is 17.5 Å². The summed E-state index contributed by atoms with van der Waals surface area (Å²) in [5, 5.41) is 13.0. The monoisotopic (exact) mass is 268 g/mol. The number of aliphatic carboxylic acids is 1. The van der Waals surface area contributed by atoms with Crippen molar-refractivity contribution in [3.05, 3.63) is 22.4 Å². The molecule has 0 spiro atoms. The van der Waals surface area contributed by atoms with Crippen LogP contribution in [0.15, 0.2) is 17.5 Å². The zero-order chi connectivity index (χ0) is 12.0. The molecule has 2 saturated heterocycles. The third-order valence-electron chi connectivity index (χ3n) is 3.31. The zero-order valence-electron chi connectivity index (χ0n) is 8.92. The van der Waals surface area contributed by atoms with Crippen molar-refractivity contribution in [2.75, 3.05) is 5.75 Å². The van der Waals surface area contributed by atoms with Crippen LogP contribution in [0.3, 0.4) is 0 Å².